The van der Waals surface area contributed by atoms with Gasteiger partial charge in [-0.3, -0.25) is 4.79 Å². The molecule has 1 amide bonds. The zero-order chi connectivity index (χ0) is 16.7. The van der Waals surface area contributed by atoms with Crippen molar-refractivity contribution in [3.63, 3.8) is 0 Å². The van der Waals surface area contributed by atoms with Gasteiger partial charge in [0.05, 0.1) is 0 Å². The number of nitrogens with zero attached hydrogens (tertiary/aromatic N) is 1. The Morgan fingerprint density at radius 1 is 1.08 bits per heavy atom. The van der Waals surface area contributed by atoms with Crippen molar-refractivity contribution in [3.8, 4) is 0 Å². The smallest absolute Gasteiger partial charge is 0.349 e. The lowest BCUT2D eigenvalue weighted by molar-refractivity contribution is 0.0654. The second kappa shape index (κ2) is 5.64. The highest BCUT2D eigenvalue weighted by Gasteiger charge is 2.29. The molecular formula is C20H17NO3. The highest BCUT2D eigenvalue weighted by atomic mass is 16.4. The number of fused-ring (bicyclic) bond motifs is 2. The normalized spacial score (nSPS) is 16.9. The molecule has 0 aliphatic carbocycles. The van der Waals surface area contributed by atoms with E-state index in [2.05, 4.69) is 6.07 Å². The summed E-state index contributed by atoms with van der Waals surface area (Å²) in [5, 5.41) is 0.755. The predicted molar refractivity (Wildman–Crippen MR) is 92.0 cm³/mol. The van der Waals surface area contributed by atoms with Gasteiger partial charge in [-0.05, 0) is 36.6 Å². The van der Waals surface area contributed by atoms with Gasteiger partial charge in [0.1, 0.15) is 11.1 Å². The summed E-state index contributed by atoms with van der Waals surface area (Å²) in [4.78, 5) is 27.0. The summed E-state index contributed by atoms with van der Waals surface area (Å²) >= 11 is 0. The van der Waals surface area contributed by atoms with Crippen LogP contribution in [-0.4, -0.2) is 16.8 Å². The number of rotatable bonds is 1. The van der Waals surface area contributed by atoms with Gasteiger partial charge in [0.15, 0.2) is 0 Å². The van der Waals surface area contributed by atoms with Gasteiger partial charge in [-0.2, -0.15) is 0 Å². The van der Waals surface area contributed by atoms with Crippen molar-refractivity contribution in [2.45, 2.75) is 25.9 Å². The summed E-state index contributed by atoms with van der Waals surface area (Å²) < 4.78 is 5.31. The first kappa shape index (κ1) is 14.7. The first-order chi connectivity index (χ1) is 11.6. The minimum Gasteiger partial charge on any atom is -0.422 e. The average Bonchev–Trinajstić information content (AvgIpc) is 2.60. The minimum absolute atomic E-state index is 0.0401. The standard InChI is InChI=1S/C20H17NO3/c1-13-10-14-6-2-3-8-16(14)12-21(13)19(22)17-11-15-7-4-5-9-18(15)24-20(17)23/h2-9,11,13H,10,12H2,1H3. The van der Waals surface area contributed by atoms with Gasteiger partial charge in [-0.1, -0.05) is 42.5 Å². The molecule has 2 heterocycles. The van der Waals surface area contributed by atoms with Crippen LogP contribution in [0, 0.1) is 0 Å². The van der Waals surface area contributed by atoms with E-state index in [-0.39, 0.29) is 17.5 Å². The molecule has 0 radical (unpaired) electrons. The van der Waals surface area contributed by atoms with E-state index in [1.165, 1.54) is 5.56 Å². The SMILES string of the molecule is CC1Cc2ccccc2CN1C(=O)c1cc2ccccc2oc1=O. The number of carbonyl (C=O) groups is 1. The first-order valence-electron chi connectivity index (χ1n) is 8.04. The molecule has 0 fully saturated rings. The molecule has 1 aliphatic rings. The van der Waals surface area contributed by atoms with Crippen LogP contribution in [0.5, 0.6) is 0 Å². The third-order valence-corrected chi connectivity index (χ3v) is 4.64. The highest BCUT2D eigenvalue weighted by Crippen LogP contribution is 2.24. The molecule has 4 rings (SSSR count). The number of amides is 1. The summed E-state index contributed by atoms with van der Waals surface area (Å²) in [7, 11) is 0. The molecular weight excluding hydrogens is 302 g/mol. The molecule has 0 saturated carbocycles. The number of hydrogen-bond donors (Lipinski definition) is 0. The molecule has 1 aromatic heterocycles. The first-order valence-corrected chi connectivity index (χ1v) is 8.04. The zero-order valence-electron chi connectivity index (χ0n) is 13.4. The van der Waals surface area contributed by atoms with Crippen LogP contribution in [-0.2, 0) is 13.0 Å². The van der Waals surface area contributed by atoms with E-state index in [1.807, 2.05) is 37.3 Å². The Bertz CT molecular complexity index is 989. The van der Waals surface area contributed by atoms with E-state index in [9.17, 15) is 9.59 Å². The van der Waals surface area contributed by atoms with Crippen LogP contribution >= 0.6 is 0 Å². The van der Waals surface area contributed by atoms with Crippen molar-refractivity contribution in [1.82, 2.24) is 4.90 Å². The lowest BCUT2D eigenvalue weighted by Gasteiger charge is -2.34. The van der Waals surface area contributed by atoms with Crippen LogP contribution in [0.4, 0.5) is 0 Å². The van der Waals surface area contributed by atoms with E-state index in [4.69, 9.17) is 4.42 Å². The van der Waals surface area contributed by atoms with Gasteiger partial charge < -0.3 is 9.32 Å². The van der Waals surface area contributed by atoms with Crippen molar-refractivity contribution >= 4 is 16.9 Å². The van der Waals surface area contributed by atoms with E-state index >= 15 is 0 Å². The third-order valence-electron chi connectivity index (χ3n) is 4.64. The van der Waals surface area contributed by atoms with Crippen LogP contribution in [0.15, 0.2) is 63.8 Å². The van der Waals surface area contributed by atoms with Gasteiger partial charge in [0, 0.05) is 18.0 Å². The summed E-state index contributed by atoms with van der Waals surface area (Å²) in [6.45, 7) is 2.53. The minimum atomic E-state index is -0.579. The quantitative estimate of drug-likeness (QED) is 0.646. The molecule has 1 unspecified atom stereocenters. The van der Waals surface area contributed by atoms with E-state index < -0.39 is 5.63 Å². The Morgan fingerprint density at radius 2 is 1.79 bits per heavy atom. The number of hydrogen-bond acceptors (Lipinski definition) is 3. The van der Waals surface area contributed by atoms with E-state index in [1.54, 1.807) is 23.1 Å². The molecule has 0 N–H and O–H groups in total. The van der Waals surface area contributed by atoms with E-state index in [0.29, 0.717) is 12.1 Å². The molecule has 0 spiro atoms. The van der Waals surface area contributed by atoms with E-state index in [0.717, 1.165) is 17.4 Å². The van der Waals surface area contributed by atoms with Crippen molar-refractivity contribution in [2.75, 3.05) is 0 Å². The fourth-order valence-electron chi connectivity index (χ4n) is 3.32. The molecule has 4 nitrogen and oxygen atoms in total. The third kappa shape index (κ3) is 2.40. The molecule has 2 aromatic carbocycles. The molecule has 120 valence electrons. The zero-order valence-corrected chi connectivity index (χ0v) is 13.4. The number of benzene rings is 2. The Labute approximate surface area is 139 Å². The molecule has 3 aromatic rings. The molecule has 24 heavy (non-hydrogen) atoms. The maximum absolute atomic E-state index is 13.0. The summed E-state index contributed by atoms with van der Waals surface area (Å²) in [6, 6.07) is 17.0. The van der Waals surface area contributed by atoms with Crippen molar-refractivity contribution < 1.29 is 9.21 Å². The van der Waals surface area contributed by atoms with Gasteiger partial charge in [-0.25, -0.2) is 4.79 Å². The second-order valence-electron chi connectivity index (χ2n) is 6.24. The van der Waals surface area contributed by atoms with Gasteiger partial charge >= 0.3 is 5.63 Å². The average molecular weight is 319 g/mol. The topological polar surface area (TPSA) is 50.5 Å². The summed E-state index contributed by atoms with van der Waals surface area (Å²) in [6.07, 6.45) is 0.792. The maximum atomic E-state index is 13.0. The fraction of sp³-hybridized carbons (Fsp3) is 0.200. The second-order valence-corrected chi connectivity index (χ2v) is 6.24. The molecule has 0 bridgehead atoms. The van der Waals surface area contributed by atoms with Crippen molar-refractivity contribution in [2.24, 2.45) is 0 Å². The lowest BCUT2D eigenvalue weighted by Crippen LogP contribution is -2.43. The summed E-state index contributed by atoms with van der Waals surface area (Å²) in [5.41, 5.74) is 2.41. The van der Waals surface area contributed by atoms with Crippen molar-refractivity contribution in [3.05, 3.63) is 81.7 Å². The highest BCUT2D eigenvalue weighted by molar-refractivity contribution is 5.97. The fourth-order valence-corrected chi connectivity index (χ4v) is 3.32. The van der Waals surface area contributed by atoms with Crippen LogP contribution in [0.1, 0.15) is 28.4 Å². The van der Waals surface area contributed by atoms with Gasteiger partial charge in [0.25, 0.3) is 5.91 Å². The van der Waals surface area contributed by atoms with Gasteiger partial charge in [-0.15, -0.1) is 0 Å². The predicted octanol–water partition coefficient (Wildman–Crippen LogP) is 3.38. The number of para-hydroxylation sites is 1. The molecule has 1 atom stereocenters. The molecule has 1 aliphatic heterocycles. The number of carbonyl (C=O) groups excluding carboxylic acids is 1. The Kier molecular flexibility index (Phi) is 3.45. The Hall–Kier alpha value is -2.88. The lowest BCUT2D eigenvalue weighted by atomic mass is 9.94. The largest absolute Gasteiger partial charge is 0.422 e. The van der Waals surface area contributed by atoms with Crippen LogP contribution in [0.3, 0.4) is 0 Å². The molecule has 0 saturated heterocycles. The van der Waals surface area contributed by atoms with Crippen LogP contribution in [0.2, 0.25) is 0 Å². The Balaban J connectivity index is 1.74. The molecule has 4 heteroatoms. The van der Waals surface area contributed by atoms with Crippen molar-refractivity contribution in [1.29, 1.82) is 0 Å². The van der Waals surface area contributed by atoms with Crippen LogP contribution in [0.25, 0.3) is 11.0 Å². The summed E-state index contributed by atoms with van der Waals surface area (Å²) in [5.74, 6) is -0.267. The van der Waals surface area contributed by atoms with Crippen LogP contribution < -0.4 is 5.63 Å². The van der Waals surface area contributed by atoms with Gasteiger partial charge in [0.2, 0.25) is 0 Å². The Morgan fingerprint density at radius 3 is 2.62 bits per heavy atom. The maximum Gasteiger partial charge on any atom is 0.349 e. The monoisotopic (exact) mass is 319 g/mol.